The van der Waals surface area contributed by atoms with Gasteiger partial charge in [-0.2, -0.15) is 0 Å². The molecule has 8 N–H and O–H groups in total. The Morgan fingerprint density at radius 3 is 2.36 bits per heavy atom. The number of ether oxygens (including phenoxy) is 1. The highest BCUT2D eigenvalue weighted by atomic mass is 19.4. The smallest absolute Gasteiger partial charge is 0.508 e. The number of aromatic hydroxyl groups is 1. The molecule has 1 amide bonds. The number of hydrogen-bond acceptors (Lipinski definition) is 10. The third kappa shape index (κ3) is 5.35. The second-order valence-corrected chi connectivity index (χ2v) is 10.7. The average molecular weight is 620 g/mol. The number of benzene rings is 2. The summed E-state index contributed by atoms with van der Waals surface area (Å²) in [4.78, 5) is 38.0. The quantitative estimate of drug-likeness (QED) is 0.179. The van der Waals surface area contributed by atoms with Gasteiger partial charge >= 0.3 is 6.36 Å². The van der Waals surface area contributed by atoms with E-state index in [0.717, 1.165) is 0 Å². The fourth-order valence-corrected chi connectivity index (χ4v) is 6.25. The Balaban J connectivity index is 0.00000442. The van der Waals surface area contributed by atoms with Crippen LogP contribution in [0.15, 0.2) is 47.2 Å². The lowest BCUT2D eigenvalue weighted by atomic mass is 9.59. The number of anilines is 1. The molecule has 0 unspecified atom stereocenters. The van der Waals surface area contributed by atoms with Gasteiger partial charge in [0.25, 0.3) is 5.91 Å². The summed E-state index contributed by atoms with van der Waals surface area (Å²) in [5, 5.41) is 50.7. The summed E-state index contributed by atoms with van der Waals surface area (Å²) in [6.07, 6.45) is -5.05. The van der Waals surface area contributed by atoms with Crippen LogP contribution in [-0.2, 0) is 33.9 Å². The lowest BCUT2D eigenvalue weighted by molar-refractivity contribution is -0.274. The predicted molar refractivity (Wildman–Crippen MR) is 151 cm³/mol. The predicted octanol–water partition coefficient (Wildman–Crippen LogP) is 3.29. The third-order valence-corrected chi connectivity index (χ3v) is 8.21. The number of hydrogen-bond donors (Lipinski definition) is 7. The molecular weight excluding hydrogens is 587 g/mol. The molecule has 0 radical (unpaired) electrons. The van der Waals surface area contributed by atoms with Crippen molar-refractivity contribution in [1.82, 2.24) is 5.32 Å². The van der Waals surface area contributed by atoms with E-state index in [4.69, 9.17) is 5.73 Å². The van der Waals surface area contributed by atoms with Crippen LogP contribution in [-0.4, -0.2) is 56.9 Å². The standard InChI is InChI=1S/C29H28F3N3O8.CH4/c1-34-18-8-14(11-35-10-12-2-4-16(5-3-12)43-29(30,31)32)23(37)21-17(18)7-13-6-15-9-19(36)22(27(33)41)26(40)28(15,42)25(39)20(13)24(21)38;/h2-5,8,13,15,34-35,37-38,40,42H,6-7,9-11H2,1H3,(H2,33,41);1H4/t13-,15+,28+;/m1./s1. The van der Waals surface area contributed by atoms with E-state index >= 15 is 0 Å². The molecule has 3 aliphatic rings. The number of carbonyl (C=O) groups is 3. The van der Waals surface area contributed by atoms with Gasteiger partial charge in [-0.15, -0.1) is 13.2 Å². The van der Waals surface area contributed by atoms with E-state index < -0.39 is 64.8 Å². The summed E-state index contributed by atoms with van der Waals surface area (Å²) < 4.78 is 41.1. The number of amides is 1. The SMILES string of the molecule is C.CNc1cc(CNCc2ccc(OC(F)(F)F)cc2)c(O)c2c1C[C@H]1C[C@H]3CC(=O)C(C(N)=O)=C(O)[C@@]3(O)C(=O)C1=C2O. The zero-order valence-corrected chi connectivity index (χ0v) is 22.7. The van der Waals surface area contributed by atoms with Crippen LogP contribution in [0.5, 0.6) is 11.5 Å². The van der Waals surface area contributed by atoms with E-state index in [2.05, 4.69) is 15.4 Å². The molecule has 5 rings (SSSR count). The van der Waals surface area contributed by atoms with Gasteiger partial charge in [0.05, 0.1) is 5.56 Å². The van der Waals surface area contributed by atoms with Crippen LogP contribution in [0.2, 0.25) is 0 Å². The first kappa shape index (κ1) is 32.4. The number of Topliss-reactive ketones (excluding diaryl/α,β-unsaturated/α-hetero) is 2. The van der Waals surface area contributed by atoms with Gasteiger partial charge in [-0.05, 0) is 48.1 Å². The number of rotatable bonds is 7. The van der Waals surface area contributed by atoms with Crippen LogP contribution in [0.25, 0.3) is 5.76 Å². The number of ketones is 2. The molecule has 14 heteroatoms. The molecule has 44 heavy (non-hydrogen) atoms. The second-order valence-electron chi connectivity index (χ2n) is 10.7. The Morgan fingerprint density at radius 1 is 1.11 bits per heavy atom. The molecule has 0 heterocycles. The highest BCUT2D eigenvalue weighted by molar-refractivity contribution is 6.22. The van der Waals surface area contributed by atoms with Crippen molar-refractivity contribution in [1.29, 1.82) is 0 Å². The van der Waals surface area contributed by atoms with Crippen molar-refractivity contribution < 1.29 is 52.7 Å². The molecule has 0 saturated heterocycles. The Labute approximate surface area is 249 Å². The first-order chi connectivity index (χ1) is 20.2. The maximum absolute atomic E-state index is 13.7. The lowest BCUT2D eigenvalue weighted by Gasteiger charge is -2.46. The molecular formula is C30H32F3N3O8. The number of aliphatic hydroxyl groups is 3. The number of nitrogens with one attached hydrogen (secondary N) is 2. The minimum atomic E-state index is -4.81. The first-order valence-corrected chi connectivity index (χ1v) is 13.3. The van der Waals surface area contributed by atoms with Crippen LogP contribution in [0.1, 0.15) is 42.5 Å². The van der Waals surface area contributed by atoms with Crippen molar-refractivity contribution in [2.24, 2.45) is 17.6 Å². The van der Waals surface area contributed by atoms with Crippen molar-refractivity contribution in [2.75, 3.05) is 12.4 Å². The highest BCUT2D eigenvalue weighted by Crippen LogP contribution is 2.53. The summed E-state index contributed by atoms with van der Waals surface area (Å²) in [6.45, 7) is 0.250. The van der Waals surface area contributed by atoms with E-state index in [1.54, 1.807) is 13.1 Å². The first-order valence-electron chi connectivity index (χ1n) is 13.3. The van der Waals surface area contributed by atoms with Gasteiger partial charge in [-0.3, -0.25) is 14.4 Å². The number of carbonyl (C=O) groups excluding carboxylic acids is 3. The fraction of sp³-hybridized carbons (Fsp3) is 0.367. The zero-order chi connectivity index (χ0) is 31.4. The number of phenolic OH excluding ortho intramolecular Hbond substituents is 1. The number of phenols is 1. The van der Waals surface area contributed by atoms with Crippen LogP contribution in [0.4, 0.5) is 18.9 Å². The minimum Gasteiger partial charge on any atom is -0.508 e. The Bertz CT molecular complexity index is 1600. The molecule has 1 fully saturated rings. The molecule has 0 bridgehead atoms. The summed E-state index contributed by atoms with van der Waals surface area (Å²) in [5.74, 6) is -7.39. The fourth-order valence-electron chi connectivity index (χ4n) is 6.25. The van der Waals surface area contributed by atoms with Crippen molar-refractivity contribution in [2.45, 2.75) is 51.7 Å². The molecule has 236 valence electrons. The van der Waals surface area contributed by atoms with E-state index in [1.165, 1.54) is 24.3 Å². The van der Waals surface area contributed by atoms with Crippen LogP contribution >= 0.6 is 0 Å². The maximum atomic E-state index is 13.7. The van der Waals surface area contributed by atoms with Crippen molar-refractivity contribution >= 4 is 28.9 Å². The van der Waals surface area contributed by atoms with Crippen LogP contribution < -0.4 is 21.1 Å². The van der Waals surface area contributed by atoms with Gasteiger partial charge in [0.15, 0.2) is 11.4 Å². The molecule has 3 aliphatic carbocycles. The van der Waals surface area contributed by atoms with Crippen molar-refractivity contribution in [3.8, 4) is 11.5 Å². The number of alkyl halides is 3. The number of halogens is 3. The summed E-state index contributed by atoms with van der Waals surface area (Å²) >= 11 is 0. The van der Waals surface area contributed by atoms with E-state index in [1.807, 2.05) is 0 Å². The molecule has 1 saturated carbocycles. The summed E-state index contributed by atoms with van der Waals surface area (Å²) in [5.41, 5.74) is 3.36. The number of primary amides is 1. The second kappa shape index (κ2) is 11.5. The van der Waals surface area contributed by atoms with Crippen LogP contribution in [0, 0.1) is 11.8 Å². The normalized spacial score (nSPS) is 22.9. The largest absolute Gasteiger partial charge is 0.573 e. The number of aliphatic hydroxyl groups excluding tert-OH is 2. The monoisotopic (exact) mass is 619 g/mol. The van der Waals surface area contributed by atoms with E-state index in [9.17, 15) is 48.0 Å². The minimum absolute atomic E-state index is 0. The highest BCUT2D eigenvalue weighted by Gasteiger charge is 2.60. The van der Waals surface area contributed by atoms with Gasteiger partial charge in [0.2, 0.25) is 5.78 Å². The zero-order valence-electron chi connectivity index (χ0n) is 22.7. The molecule has 0 aliphatic heterocycles. The molecule has 0 spiro atoms. The molecule has 3 atom stereocenters. The number of fused-ring (bicyclic) bond motifs is 3. The summed E-state index contributed by atoms with van der Waals surface area (Å²) in [6, 6.07) is 6.87. The Hall–Kier alpha value is -4.56. The lowest BCUT2D eigenvalue weighted by Crippen LogP contribution is -2.58. The van der Waals surface area contributed by atoms with Gasteiger partial charge in [0.1, 0.15) is 28.6 Å². The van der Waals surface area contributed by atoms with Crippen molar-refractivity contribution in [3.63, 3.8) is 0 Å². The topological polar surface area (TPSA) is 191 Å². The van der Waals surface area contributed by atoms with Gasteiger partial charge in [0, 0.05) is 49.3 Å². The van der Waals surface area contributed by atoms with Gasteiger partial charge in [-0.25, -0.2) is 0 Å². The van der Waals surface area contributed by atoms with Crippen LogP contribution in [0.3, 0.4) is 0 Å². The van der Waals surface area contributed by atoms with Gasteiger partial charge in [-0.1, -0.05) is 19.6 Å². The van der Waals surface area contributed by atoms with Gasteiger partial charge < -0.3 is 41.5 Å². The van der Waals surface area contributed by atoms with E-state index in [-0.39, 0.29) is 56.0 Å². The molecule has 2 aromatic carbocycles. The number of nitrogens with two attached hydrogens (primary N) is 1. The maximum Gasteiger partial charge on any atom is 0.573 e. The molecule has 2 aromatic rings. The Kier molecular flexibility index (Phi) is 8.46. The molecule has 11 nitrogen and oxygen atoms in total. The Morgan fingerprint density at radius 2 is 1.77 bits per heavy atom. The molecule has 0 aromatic heterocycles. The van der Waals surface area contributed by atoms with E-state index in [0.29, 0.717) is 22.4 Å². The van der Waals surface area contributed by atoms with Crippen molar-refractivity contribution in [3.05, 3.63) is 69.5 Å². The summed E-state index contributed by atoms with van der Waals surface area (Å²) in [7, 11) is 1.63. The average Bonchev–Trinajstić information content (AvgIpc) is 2.91. The third-order valence-electron chi connectivity index (χ3n) is 8.21.